The van der Waals surface area contributed by atoms with Crippen LogP contribution in [0.25, 0.3) is 6.08 Å². The summed E-state index contributed by atoms with van der Waals surface area (Å²) in [5.41, 5.74) is 0.421. The van der Waals surface area contributed by atoms with Crippen LogP contribution in [-0.2, 0) is 15.6 Å². The minimum atomic E-state index is -3.96. The van der Waals surface area contributed by atoms with E-state index in [9.17, 15) is 23.0 Å². The van der Waals surface area contributed by atoms with Gasteiger partial charge in [0.25, 0.3) is 0 Å². The predicted molar refractivity (Wildman–Crippen MR) is 82.4 cm³/mol. The SMILES string of the molecule is N#CC(=Cc1ccc(O)cc1O)S(=O)(=O)Cc1ccc(F)cc1. The number of halogens is 1. The van der Waals surface area contributed by atoms with Crippen LogP contribution in [0.4, 0.5) is 4.39 Å². The molecule has 7 heteroatoms. The molecule has 5 nitrogen and oxygen atoms in total. The number of rotatable bonds is 4. The largest absolute Gasteiger partial charge is 0.508 e. The Balaban J connectivity index is 2.37. The van der Waals surface area contributed by atoms with Crippen molar-refractivity contribution in [1.82, 2.24) is 0 Å². The highest BCUT2D eigenvalue weighted by atomic mass is 32.2. The zero-order valence-electron chi connectivity index (χ0n) is 11.8. The second kappa shape index (κ2) is 6.50. The molecule has 0 fully saturated rings. The third kappa shape index (κ3) is 4.08. The van der Waals surface area contributed by atoms with Gasteiger partial charge in [-0.15, -0.1) is 0 Å². The summed E-state index contributed by atoms with van der Waals surface area (Å²) in [6.45, 7) is 0. The van der Waals surface area contributed by atoms with Gasteiger partial charge in [0.05, 0.1) is 5.75 Å². The van der Waals surface area contributed by atoms with Crippen molar-refractivity contribution in [1.29, 1.82) is 5.26 Å². The van der Waals surface area contributed by atoms with E-state index in [0.717, 1.165) is 24.3 Å². The van der Waals surface area contributed by atoms with Crippen molar-refractivity contribution < 1.29 is 23.0 Å². The summed E-state index contributed by atoms with van der Waals surface area (Å²) >= 11 is 0. The van der Waals surface area contributed by atoms with E-state index in [4.69, 9.17) is 5.26 Å². The molecule has 0 radical (unpaired) electrons. The van der Waals surface area contributed by atoms with Gasteiger partial charge in [-0.25, -0.2) is 12.8 Å². The highest BCUT2D eigenvalue weighted by Crippen LogP contribution is 2.26. The van der Waals surface area contributed by atoms with Crippen LogP contribution >= 0.6 is 0 Å². The van der Waals surface area contributed by atoms with Crippen LogP contribution in [0.5, 0.6) is 11.5 Å². The van der Waals surface area contributed by atoms with E-state index in [1.165, 1.54) is 24.3 Å². The van der Waals surface area contributed by atoms with Gasteiger partial charge >= 0.3 is 0 Å². The fourth-order valence-corrected chi connectivity index (χ4v) is 3.10. The molecule has 0 saturated heterocycles. The van der Waals surface area contributed by atoms with Gasteiger partial charge in [0.1, 0.15) is 28.3 Å². The maximum absolute atomic E-state index is 12.8. The number of aromatic hydroxyl groups is 2. The molecule has 2 N–H and O–H groups in total. The van der Waals surface area contributed by atoms with E-state index in [-0.39, 0.29) is 17.1 Å². The third-order valence-electron chi connectivity index (χ3n) is 3.02. The number of allylic oxidation sites excluding steroid dienone is 1. The van der Waals surface area contributed by atoms with Gasteiger partial charge in [-0.1, -0.05) is 12.1 Å². The smallest absolute Gasteiger partial charge is 0.192 e. The maximum atomic E-state index is 12.8. The topological polar surface area (TPSA) is 98.4 Å². The fraction of sp³-hybridized carbons (Fsp3) is 0.0625. The van der Waals surface area contributed by atoms with Crippen molar-refractivity contribution in [2.75, 3.05) is 0 Å². The molecule has 23 heavy (non-hydrogen) atoms. The molecular formula is C16H12FNO4S. The molecule has 118 valence electrons. The molecule has 2 aromatic rings. The van der Waals surface area contributed by atoms with Crippen LogP contribution in [0, 0.1) is 17.1 Å². The molecule has 0 aliphatic heterocycles. The Bertz CT molecular complexity index is 897. The van der Waals surface area contributed by atoms with E-state index in [1.54, 1.807) is 6.07 Å². The molecule has 0 atom stereocenters. The van der Waals surface area contributed by atoms with E-state index >= 15 is 0 Å². The average Bonchev–Trinajstić information content (AvgIpc) is 2.48. The number of benzene rings is 2. The summed E-state index contributed by atoms with van der Waals surface area (Å²) in [5, 5.41) is 28.0. The average molecular weight is 333 g/mol. The van der Waals surface area contributed by atoms with Crippen molar-refractivity contribution in [3.63, 3.8) is 0 Å². The second-order valence-electron chi connectivity index (χ2n) is 4.75. The normalized spacial score (nSPS) is 11.9. The first-order chi connectivity index (χ1) is 10.8. The van der Waals surface area contributed by atoms with Crippen molar-refractivity contribution in [3.05, 3.63) is 64.3 Å². The molecule has 2 aromatic carbocycles. The first kappa shape index (κ1) is 16.5. The number of nitrogens with zero attached hydrogens (tertiary/aromatic N) is 1. The summed E-state index contributed by atoms with van der Waals surface area (Å²) in [5.74, 6) is -1.50. The molecule has 2 rings (SSSR count). The van der Waals surface area contributed by atoms with Crippen molar-refractivity contribution in [2.24, 2.45) is 0 Å². The molecule has 0 aromatic heterocycles. The van der Waals surface area contributed by atoms with E-state index < -0.39 is 26.3 Å². The Labute approximate surface area is 132 Å². The van der Waals surface area contributed by atoms with Gasteiger partial charge in [-0.05, 0) is 35.9 Å². The summed E-state index contributed by atoms with van der Waals surface area (Å²) in [6, 6.07) is 10.1. The molecule has 0 saturated carbocycles. The van der Waals surface area contributed by atoms with Crippen LogP contribution < -0.4 is 0 Å². The van der Waals surface area contributed by atoms with E-state index in [1.807, 2.05) is 0 Å². The summed E-state index contributed by atoms with van der Waals surface area (Å²) in [6.07, 6.45) is 1.02. The summed E-state index contributed by atoms with van der Waals surface area (Å²) in [7, 11) is -3.96. The summed E-state index contributed by atoms with van der Waals surface area (Å²) < 4.78 is 37.4. The van der Waals surface area contributed by atoms with Crippen LogP contribution in [0.2, 0.25) is 0 Å². The maximum Gasteiger partial charge on any atom is 0.192 e. The zero-order chi connectivity index (χ0) is 17.0. The molecular weight excluding hydrogens is 321 g/mol. The highest BCUT2D eigenvalue weighted by molar-refractivity contribution is 7.95. The highest BCUT2D eigenvalue weighted by Gasteiger charge is 2.19. The lowest BCUT2D eigenvalue weighted by Gasteiger charge is -2.05. The lowest BCUT2D eigenvalue weighted by atomic mass is 10.2. The Hall–Kier alpha value is -2.85. The minimum absolute atomic E-state index is 0.0852. The Morgan fingerprint density at radius 3 is 2.39 bits per heavy atom. The first-order valence-electron chi connectivity index (χ1n) is 6.43. The van der Waals surface area contributed by atoms with Gasteiger partial charge in [-0.2, -0.15) is 5.26 Å². The zero-order valence-corrected chi connectivity index (χ0v) is 12.6. The lowest BCUT2D eigenvalue weighted by molar-refractivity contribution is 0.450. The number of sulfone groups is 1. The number of hydrogen-bond acceptors (Lipinski definition) is 5. The van der Waals surface area contributed by atoms with Crippen LogP contribution in [-0.4, -0.2) is 18.6 Å². The quantitative estimate of drug-likeness (QED) is 0.838. The molecule has 0 amide bonds. The Morgan fingerprint density at radius 2 is 1.83 bits per heavy atom. The molecule has 0 spiro atoms. The monoisotopic (exact) mass is 333 g/mol. The summed E-state index contributed by atoms with van der Waals surface area (Å²) in [4.78, 5) is -0.539. The third-order valence-corrected chi connectivity index (χ3v) is 4.61. The van der Waals surface area contributed by atoms with Crippen LogP contribution in [0.1, 0.15) is 11.1 Å². The van der Waals surface area contributed by atoms with Crippen LogP contribution in [0.15, 0.2) is 47.4 Å². The van der Waals surface area contributed by atoms with Gasteiger partial charge in [0.2, 0.25) is 0 Å². The van der Waals surface area contributed by atoms with Gasteiger partial charge < -0.3 is 10.2 Å². The minimum Gasteiger partial charge on any atom is -0.508 e. The Morgan fingerprint density at radius 1 is 1.17 bits per heavy atom. The Kier molecular flexibility index (Phi) is 4.67. The van der Waals surface area contributed by atoms with Gasteiger partial charge in [0.15, 0.2) is 9.84 Å². The molecule has 0 bridgehead atoms. The van der Waals surface area contributed by atoms with Crippen molar-refractivity contribution in [2.45, 2.75) is 5.75 Å². The van der Waals surface area contributed by atoms with Crippen molar-refractivity contribution in [3.8, 4) is 17.6 Å². The number of phenols is 2. The number of phenolic OH excluding ortho intramolecular Hbond substituents is 2. The molecule has 0 aliphatic carbocycles. The number of hydrogen-bond donors (Lipinski definition) is 2. The van der Waals surface area contributed by atoms with Gasteiger partial charge in [-0.3, -0.25) is 0 Å². The molecule has 0 heterocycles. The molecule has 0 unspecified atom stereocenters. The lowest BCUT2D eigenvalue weighted by Crippen LogP contribution is -2.06. The van der Waals surface area contributed by atoms with E-state index in [0.29, 0.717) is 5.56 Å². The molecule has 0 aliphatic rings. The predicted octanol–water partition coefficient (Wildman–Crippen LogP) is 2.72. The van der Waals surface area contributed by atoms with Crippen LogP contribution in [0.3, 0.4) is 0 Å². The second-order valence-corrected chi connectivity index (χ2v) is 6.71. The standard InChI is InChI=1S/C16H12FNO4S/c17-13-4-1-11(2-5-13)10-23(21,22)15(9-18)7-12-3-6-14(19)8-16(12)20/h1-8,19-20H,10H2. The number of nitriles is 1. The van der Waals surface area contributed by atoms with E-state index in [2.05, 4.69) is 0 Å². The van der Waals surface area contributed by atoms with Gasteiger partial charge in [0, 0.05) is 11.6 Å². The first-order valence-corrected chi connectivity index (χ1v) is 8.08. The van der Waals surface area contributed by atoms with Crippen molar-refractivity contribution >= 4 is 15.9 Å². The fourth-order valence-electron chi connectivity index (χ4n) is 1.86.